The summed E-state index contributed by atoms with van der Waals surface area (Å²) >= 11 is 0. The molecule has 22 heavy (non-hydrogen) atoms. The van der Waals surface area contributed by atoms with E-state index in [2.05, 4.69) is 0 Å². The summed E-state index contributed by atoms with van der Waals surface area (Å²) in [5, 5.41) is 9.43. The molecule has 1 heterocycles. The number of primary amides is 1. The van der Waals surface area contributed by atoms with Gasteiger partial charge in [-0.3, -0.25) is 9.59 Å². The molecule has 0 aromatic heterocycles. The van der Waals surface area contributed by atoms with Gasteiger partial charge in [0.1, 0.15) is 6.04 Å². The highest BCUT2D eigenvalue weighted by molar-refractivity contribution is 6.11. The minimum atomic E-state index is -1.38. The summed E-state index contributed by atoms with van der Waals surface area (Å²) in [5.41, 5.74) is 12.4. The van der Waals surface area contributed by atoms with Crippen molar-refractivity contribution in [2.45, 2.75) is 37.9 Å². The largest absolute Gasteiger partial charge is 0.480 e. The highest BCUT2D eigenvalue weighted by atomic mass is 16.4. The number of hydrogen-bond acceptors (Lipinski definition) is 5. The molecule has 1 aromatic carbocycles. The number of nitrogens with two attached hydrogens (primary N) is 2. The van der Waals surface area contributed by atoms with Crippen LogP contribution in [0.1, 0.15) is 18.9 Å². The second-order valence-corrected chi connectivity index (χ2v) is 5.32. The van der Waals surface area contributed by atoms with Crippen molar-refractivity contribution in [3.8, 4) is 0 Å². The van der Waals surface area contributed by atoms with Crippen LogP contribution in [0.25, 0.3) is 0 Å². The van der Waals surface area contributed by atoms with Gasteiger partial charge in [0.05, 0.1) is 6.04 Å². The summed E-state index contributed by atoms with van der Waals surface area (Å²) in [4.78, 5) is 37.1. The number of ketones is 1. The maximum atomic E-state index is 12.4. The lowest BCUT2D eigenvalue weighted by Crippen LogP contribution is -2.58. The Bertz CT molecular complexity index is 617. The van der Waals surface area contributed by atoms with E-state index in [9.17, 15) is 19.5 Å². The van der Waals surface area contributed by atoms with Gasteiger partial charge in [-0.1, -0.05) is 25.1 Å². The van der Waals surface area contributed by atoms with E-state index in [1.165, 1.54) is 4.90 Å². The number of carboxylic acids is 1. The molecule has 0 saturated carbocycles. The highest BCUT2D eigenvalue weighted by Crippen LogP contribution is 2.34. The van der Waals surface area contributed by atoms with E-state index in [1.807, 2.05) is 0 Å². The molecule has 1 unspecified atom stereocenters. The van der Waals surface area contributed by atoms with Gasteiger partial charge in [0, 0.05) is 12.1 Å². The molecule has 1 aliphatic heterocycles. The van der Waals surface area contributed by atoms with E-state index in [-0.39, 0.29) is 6.42 Å². The van der Waals surface area contributed by atoms with Crippen LogP contribution in [-0.4, -0.2) is 40.9 Å². The third-order valence-corrected chi connectivity index (χ3v) is 3.93. The maximum Gasteiger partial charge on any atom is 0.326 e. The van der Waals surface area contributed by atoms with E-state index in [0.717, 1.165) is 5.56 Å². The molecule has 0 spiro atoms. The topological polar surface area (TPSA) is 127 Å². The number of aliphatic carboxylic acids is 1. The number of para-hydroxylation sites is 1. The summed E-state index contributed by atoms with van der Waals surface area (Å²) in [7, 11) is 0. The molecule has 0 saturated heterocycles. The zero-order valence-corrected chi connectivity index (χ0v) is 12.2. The summed E-state index contributed by atoms with van der Waals surface area (Å²) < 4.78 is 0. The maximum absolute atomic E-state index is 12.4. The molecular formula is C15H19N3O4. The first-order valence-electron chi connectivity index (χ1n) is 7.06. The van der Waals surface area contributed by atoms with Crippen LogP contribution in [0.3, 0.4) is 0 Å². The van der Waals surface area contributed by atoms with Crippen LogP contribution in [0.2, 0.25) is 0 Å². The Balaban J connectivity index is 2.50. The SMILES string of the molecule is CC[C@H](N)C(=O)C(C(N)=O)N1c2ccccc2C[C@H]1C(=O)O. The number of anilines is 1. The number of fused-ring (bicyclic) bond motifs is 1. The fourth-order valence-electron chi connectivity index (χ4n) is 2.75. The minimum absolute atomic E-state index is 0.212. The van der Waals surface area contributed by atoms with Crippen molar-refractivity contribution in [1.82, 2.24) is 0 Å². The van der Waals surface area contributed by atoms with Crippen molar-refractivity contribution in [1.29, 1.82) is 0 Å². The molecule has 7 heteroatoms. The van der Waals surface area contributed by atoms with Gasteiger partial charge >= 0.3 is 5.97 Å². The van der Waals surface area contributed by atoms with Gasteiger partial charge < -0.3 is 21.5 Å². The van der Waals surface area contributed by atoms with Crippen LogP contribution < -0.4 is 16.4 Å². The Morgan fingerprint density at radius 1 is 1.36 bits per heavy atom. The molecule has 3 atom stereocenters. The fraction of sp³-hybridized carbons (Fsp3) is 0.400. The first-order chi connectivity index (χ1) is 10.4. The van der Waals surface area contributed by atoms with Gasteiger partial charge in [0.25, 0.3) is 0 Å². The van der Waals surface area contributed by atoms with Gasteiger partial charge in [-0.15, -0.1) is 0 Å². The van der Waals surface area contributed by atoms with E-state index in [0.29, 0.717) is 12.1 Å². The zero-order chi connectivity index (χ0) is 16.4. The average Bonchev–Trinajstić information content (AvgIpc) is 2.86. The van der Waals surface area contributed by atoms with Crippen LogP contribution in [0.5, 0.6) is 0 Å². The van der Waals surface area contributed by atoms with Gasteiger partial charge in [-0.05, 0) is 18.1 Å². The zero-order valence-electron chi connectivity index (χ0n) is 12.2. The van der Waals surface area contributed by atoms with Crippen LogP contribution in [0.4, 0.5) is 5.69 Å². The lowest BCUT2D eigenvalue weighted by molar-refractivity contribution is -0.138. The van der Waals surface area contributed by atoms with Gasteiger partial charge in [-0.25, -0.2) is 4.79 Å². The van der Waals surface area contributed by atoms with Crippen LogP contribution in [0, 0.1) is 0 Å². The Kier molecular flexibility index (Phi) is 4.46. The smallest absolute Gasteiger partial charge is 0.326 e. The predicted molar refractivity (Wildman–Crippen MR) is 80.3 cm³/mol. The minimum Gasteiger partial charge on any atom is -0.480 e. The van der Waals surface area contributed by atoms with Crippen molar-refractivity contribution in [2.24, 2.45) is 11.5 Å². The molecule has 1 aromatic rings. The number of carboxylic acid groups (broad SMARTS) is 1. The van der Waals surface area contributed by atoms with Gasteiger partial charge in [-0.2, -0.15) is 0 Å². The van der Waals surface area contributed by atoms with Crippen LogP contribution >= 0.6 is 0 Å². The Hall–Kier alpha value is -2.41. The fourth-order valence-corrected chi connectivity index (χ4v) is 2.75. The second-order valence-electron chi connectivity index (χ2n) is 5.32. The summed E-state index contributed by atoms with van der Waals surface area (Å²) in [6.45, 7) is 1.72. The Morgan fingerprint density at radius 3 is 2.55 bits per heavy atom. The number of carbonyl (C=O) groups excluding carboxylic acids is 2. The molecule has 2 rings (SSSR count). The molecule has 1 amide bonds. The van der Waals surface area contributed by atoms with E-state index in [1.54, 1.807) is 31.2 Å². The molecule has 0 bridgehead atoms. The normalized spacial score (nSPS) is 19.4. The standard InChI is InChI=1S/C15H19N3O4/c1-2-9(16)13(19)12(14(17)20)18-10-6-4-3-5-8(10)7-11(18)15(21)22/h3-6,9,11-12H,2,7,16H2,1H3,(H2,17,20)(H,21,22)/t9-,11-,12?/m0/s1. The number of amides is 1. The lowest BCUT2D eigenvalue weighted by atomic mass is 10.0. The average molecular weight is 305 g/mol. The molecular weight excluding hydrogens is 286 g/mol. The summed E-state index contributed by atoms with van der Waals surface area (Å²) in [6, 6.07) is 3.70. The number of hydrogen-bond donors (Lipinski definition) is 3. The first kappa shape index (κ1) is 16.0. The molecule has 118 valence electrons. The van der Waals surface area contributed by atoms with Crippen molar-refractivity contribution in [3.05, 3.63) is 29.8 Å². The molecule has 0 fully saturated rings. The Labute approximate surface area is 127 Å². The third kappa shape index (κ3) is 2.67. The lowest BCUT2D eigenvalue weighted by Gasteiger charge is -2.32. The third-order valence-electron chi connectivity index (χ3n) is 3.93. The molecule has 5 N–H and O–H groups in total. The van der Waals surface area contributed by atoms with Crippen molar-refractivity contribution in [3.63, 3.8) is 0 Å². The molecule has 0 aliphatic carbocycles. The summed E-state index contributed by atoms with van der Waals surface area (Å²) in [5.74, 6) is -2.56. The number of rotatable bonds is 6. The van der Waals surface area contributed by atoms with Crippen molar-refractivity contribution < 1.29 is 19.5 Å². The van der Waals surface area contributed by atoms with Crippen LogP contribution in [0.15, 0.2) is 24.3 Å². The number of benzene rings is 1. The predicted octanol–water partition coefficient (Wildman–Crippen LogP) is -0.337. The molecule has 0 radical (unpaired) electrons. The van der Waals surface area contributed by atoms with E-state index < -0.39 is 35.8 Å². The monoisotopic (exact) mass is 305 g/mol. The highest BCUT2D eigenvalue weighted by Gasteiger charge is 2.44. The van der Waals surface area contributed by atoms with Crippen molar-refractivity contribution in [2.75, 3.05) is 4.90 Å². The van der Waals surface area contributed by atoms with Gasteiger partial charge in [0.15, 0.2) is 11.8 Å². The van der Waals surface area contributed by atoms with E-state index in [4.69, 9.17) is 11.5 Å². The van der Waals surface area contributed by atoms with Crippen molar-refractivity contribution >= 4 is 23.3 Å². The first-order valence-corrected chi connectivity index (χ1v) is 7.06. The van der Waals surface area contributed by atoms with Crippen LogP contribution in [-0.2, 0) is 20.8 Å². The number of Topliss-reactive ketones (excluding diaryl/α,β-unsaturated/α-hetero) is 1. The molecule has 1 aliphatic rings. The number of carbonyl (C=O) groups is 3. The second kappa shape index (κ2) is 6.15. The van der Waals surface area contributed by atoms with E-state index >= 15 is 0 Å². The summed E-state index contributed by atoms with van der Waals surface area (Å²) in [6.07, 6.45) is 0.555. The quantitative estimate of drug-likeness (QED) is 0.617. The number of nitrogens with zero attached hydrogens (tertiary/aromatic N) is 1. The molecule has 7 nitrogen and oxygen atoms in total. The van der Waals surface area contributed by atoms with Gasteiger partial charge in [0.2, 0.25) is 5.91 Å². The Morgan fingerprint density at radius 2 is 2.00 bits per heavy atom.